The molecule has 0 saturated carbocycles. The van der Waals surface area contributed by atoms with Gasteiger partial charge in [-0.15, -0.1) is 0 Å². The minimum atomic E-state index is -6.20. The lowest BCUT2D eigenvalue weighted by atomic mass is 10.1. The van der Waals surface area contributed by atoms with Gasteiger partial charge >= 0.3 is 36.9 Å². The van der Waals surface area contributed by atoms with E-state index in [1.54, 1.807) is 0 Å². The van der Waals surface area contributed by atoms with E-state index in [1.807, 2.05) is 0 Å². The number of nitrogens with two attached hydrogens (primary N) is 3. The van der Waals surface area contributed by atoms with Gasteiger partial charge in [-0.3, -0.25) is 46.8 Å². The lowest BCUT2D eigenvalue weighted by Gasteiger charge is -2.26. The number of fused-ring (bicyclic) bond motifs is 3. The van der Waals surface area contributed by atoms with Crippen molar-refractivity contribution in [1.82, 2.24) is 53.6 Å². The number of aliphatic hydroxyl groups excluding tert-OH is 4. The molecule has 39 nitrogen and oxygen atoms in total. The smallest absolute Gasteiger partial charge is 0.387 e. The highest BCUT2D eigenvalue weighted by atomic mass is 31.3. The van der Waals surface area contributed by atoms with E-state index in [2.05, 4.69) is 53.0 Å². The zero-order valence-corrected chi connectivity index (χ0v) is 41.5. The number of H-pyrrole nitrogens is 2. The number of anilines is 3. The number of ether oxygens (including phenoxy) is 4. The molecule has 0 aliphatic carbocycles. The van der Waals surface area contributed by atoms with Crippen LogP contribution in [0.1, 0.15) is 18.7 Å². The number of nitrogen functional groups attached to an aromatic ring is 3. The van der Waals surface area contributed by atoms with Crippen molar-refractivity contribution < 1.29 is 108 Å². The minimum Gasteiger partial charge on any atom is -0.387 e. The molecule has 3 fully saturated rings. The van der Waals surface area contributed by atoms with E-state index in [0.29, 0.717) is 0 Å². The Kier molecular flexibility index (Phi) is 14.8. The van der Waals surface area contributed by atoms with Gasteiger partial charge in [0, 0.05) is 7.11 Å². The Bertz CT molecular complexity index is 3470. The molecule has 0 radical (unpaired) electrons. The highest BCUT2D eigenvalue weighted by molar-refractivity contribution is 7.66. The molecule has 6 aromatic heterocycles. The van der Waals surface area contributed by atoms with Crippen LogP contribution >= 0.6 is 31.3 Å². The van der Waals surface area contributed by atoms with E-state index in [1.165, 1.54) is 22.5 Å². The van der Waals surface area contributed by atoms with Crippen molar-refractivity contribution in [1.29, 1.82) is 0 Å². The second kappa shape index (κ2) is 20.3. The number of methoxy groups -OCH3 is 1. The average Bonchev–Trinajstić information content (AvgIpc) is 4.17. The van der Waals surface area contributed by atoms with Gasteiger partial charge in [0.1, 0.15) is 66.8 Å². The molecule has 0 bridgehead atoms. The zero-order chi connectivity index (χ0) is 54.3. The summed E-state index contributed by atoms with van der Waals surface area (Å²) in [6, 6.07) is 0. The van der Waals surface area contributed by atoms with Gasteiger partial charge in [-0.1, -0.05) is 0 Å². The van der Waals surface area contributed by atoms with Crippen molar-refractivity contribution in [2.75, 3.05) is 44.1 Å². The fourth-order valence-electron chi connectivity index (χ4n) is 8.29. The third-order valence-electron chi connectivity index (χ3n) is 11.6. The van der Waals surface area contributed by atoms with E-state index >= 15 is 0 Å². The molecule has 9 heterocycles. The summed E-state index contributed by atoms with van der Waals surface area (Å²) >= 11 is 0. The van der Waals surface area contributed by atoms with Gasteiger partial charge < -0.3 is 76.1 Å². The predicted octanol–water partition coefficient (Wildman–Crippen LogP) is -4.71. The lowest BCUT2D eigenvalue weighted by molar-refractivity contribution is -0.646. The molecule has 0 spiro atoms. The average molecular weight is 1150 g/mol. The first-order valence-corrected chi connectivity index (χ1v) is 27.1. The third-order valence-corrected chi connectivity index (χ3v) is 16.8. The summed E-state index contributed by atoms with van der Waals surface area (Å²) in [6.07, 6.45) is -15.8. The van der Waals surface area contributed by atoms with Gasteiger partial charge in [-0.25, -0.2) is 42.8 Å². The van der Waals surface area contributed by atoms with Crippen LogP contribution in [-0.2, 0) is 71.0 Å². The van der Waals surface area contributed by atoms with Crippen LogP contribution in [0.15, 0.2) is 34.9 Å². The molecular formula is C32H44N15O24P4+. The Morgan fingerprint density at radius 2 is 1.13 bits per heavy atom. The third kappa shape index (κ3) is 10.9. The van der Waals surface area contributed by atoms with Gasteiger partial charge in [0.2, 0.25) is 24.5 Å². The molecule has 3 aliphatic heterocycles. The van der Waals surface area contributed by atoms with E-state index in [0.717, 1.165) is 35.2 Å². The first kappa shape index (κ1) is 54.6. The summed E-state index contributed by atoms with van der Waals surface area (Å²) in [6.45, 7) is -3.40. The number of imidazole rings is 3. The number of hydrogen-bond acceptors (Lipinski definition) is 29. The maximum absolute atomic E-state index is 13.7. The van der Waals surface area contributed by atoms with Crippen LogP contribution in [-0.4, -0.2) is 175 Å². The van der Waals surface area contributed by atoms with E-state index in [-0.39, 0.29) is 51.2 Å². The number of nitrogens with zero attached hydrogens (tertiary/aromatic N) is 10. The van der Waals surface area contributed by atoms with Crippen molar-refractivity contribution in [3.63, 3.8) is 0 Å². The van der Waals surface area contributed by atoms with Crippen LogP contribution in [0.4, 0.5) is 17.7 Å². The van der Waals surface area contributed by atoms with Gasteiger partial charge in [-0.2, -0.15) is 23.2 Å². The second-order valence-corrected chi connectivity index (χ2v) is 22.5. The molecule has 6 aromatic rings. The molecule has 0 aromatic carbocycles. The number of aliphatic hydroxyl groups is 4. The lowest BCUT2D eigenvalue weighted by Crippen LogP contribution is -2.38. The normalized spacial score (nSPS) is 30.5. The fraction of sp³-hybridized carbons (Fsp3) is 0.531. The SMILES string of the molecule is COC1C(OP(=O)(O)OCC2OC(n3cnc4c(=O)[nH]c(N)nc43)C(O)C2O)C(COP(=O)(O)OP(=O)(O)OP(=O)(O)OCC2OC(n3c[n+](C)c4c(=O)[nH]c(N)nc43)C(O)C2O)OC1n1cnc2c(N)ncnc21. The summed E-state index contributed by atoms with van der Waals surface area (Å²) < 4.78 is 109. The maximum atomic E-state index is 13.7. The van der Waals surface area contributed by atoms with E-state index in [9.17, 15) is 67.8 Å². The first-order valence-electron chi connectivity index (χ1n) is 21.2. The number of phosphoric acid groups is 4. The van der Waals surface area contributed by atoms with Crippen molar-refractivity contribution in [2.45, 2.75) is 73.6 Å². The van der Waals surface area contributed by atoms with Crippen LogP contribution < -0.4 is 32.9 Å². The Morgan fingerprint density at radius 3 is 1.73 bits per heavy atom. The highest BCUT2D eigenvalue weighted by Crippen LogP contribution is 2.68. The molecule has 0 amide bonds. The number of phosphoric ester groups is 3. The largest absolute Gasteiger partial charge is 0.490 e. The number of aryl methyl sites for hydroxylation is 1. The van der Waals surface area contributed by atoms with Crippen molar-refractivity contribution >= 4 is 82.5 Å². The highest BCUT2D eigenvalue weighted by Gasteiger charge is 2.54. The molecule has 43 heteroatoms. The van der Waals surface area contributed by atoms with Crippen molar-refractivity contribution in [3.05, 3.63) is 46.0 Å². The van der Waals surface area contributed by atoms with Crippen LogP contribution in [0.2, 0.25) is 0 Å². The van der Waals surface area contributed by atoms with E-state index in [4.69, 9.17) is 49.7 Å². The van der Waals surface area contributed by atoms with Crippen molar-refractivity contribution in [3.8, 4) is 0 Å². The predicted molar refractivity (Wildman–Crippen MR) is 239 cm³/mol. The molecule has 16 unspecified atom stereocenters. The molecule has 3 saturated heterocycles. The van der Waals surface area contributed by atoms with Crippen LogP contribution in [0.25, 0.3) is 33.5 Å². The summed E-state index contributed by atoms with van der Waals surface area (Å²) in [5, 5.41) is 43.2. The molecule has 9 rings (SSSR count). The van der Waals surface area contributed by atoms with Gasteiger partial charge in [0.25, 0.3) is 16.7 Å². The number of rotatable bonds is 19. The molecule has 3 aliphatic rings. The van der Waals surface area contributed by atoms with Crippen LogP contribution in [0.3, 0.4) is 0 Å². The van der Waals surface area contributed by atoms with E-state index < -0.39 is 136 Å². The molecular weight excluding hydrogens is 1100 g/mol. The van der Waals surface area contributed by atoms with Gasteiger partial charge in [-0.05, 0) is 0 Å². The second-order valence-electron chi connectivity index (χ2n) is 16.5. The Labute approximate surface area is 414 Å². The minimum absolute atomic E-state index is 0.00606. The topological polar surface area (TPSA) is 562 Å². The summed E-state index contributed by atoms with van der Waals surface area (Å²) in [5.74, 6) is -0.716. The molecule has 75 heavy (non-hydrogen) atoms. The summed E-state index contributed by atoms with van der Waals surface area (Å²) in [4.78, 5) is 95.6. The fourth-order valence-corrected chi connectivity index (χ4v) is 12.8. The first-order chi connectivity index (χ1) is 35.2. The standard InChI is InChI=1S/C32H43N15O24P4/c1-44-9-47(25-15(44)27(53)43-32(35)41-25)29-19(51)17(49)11(67-29)4-64-73(56,57)70-75(60,61)71-74(58,59)65-5-12-20(21(62-2)30(68-12)45-7-38-13-22(33)36-6-37-23(13)45)69-72(54,55)63-3-10-16(48)18(50)28(66-10)46-8-39-14-24(46)40-31(34)42-26(14)52/h6-12,16-21,28-30,48-51H,3-5H2,1-2H3,(H11-,33,34,35,36,37,40,41,42,43,52,53,54,55,56,57,58,59,60,61)/p+1. The maximum Gasteiger partial charge on any atom is 0.490 e. The number of aromatic nitrogens is 12. The quantitative estimate of drug-likeness (QED) is 0.0268. The van der Waals surface area contributed by atoms with Gasteiger partial charge in [0.05, 0.1) is 39.5 Å². The zero-order valence-electron chi connectivity index (χ0n) is 38.0. The summed E-state index contributed by atoms with van der Waals surface area (Å²) in [7, 11) is -20.9. The van der Waals surface area contributed by atoms with Gasteiger partial charge in [0.15, 0.2) is 35.1 Å². The Balaban J connectivity index is 0.862. The number of hydrogen-bond donors (Lipinski definition) is 13. The number of aromatic amines is 2. The summed E-state index contributed by atoms with van der Waals surface area (Å²) in [5.41, 5.74) is 15.4. The molecule has 16 atom stereocenters. The van der Waals surface area contributed by atoms with Crippen LogP contribution in [0.5, 0.6) is 0 Å². The van der Waals surface area contributed by atoms with Crippen LogP contribution in [0, 0.1) is 0 Å². The molecule has 16 N–H and O–H groups in total. The Morgan fingerprint density at radius 1 is 0.627 bits per heavy atom. The number of nitrogens with one attached hydrogen (secondary N) is 2. The monoisotopic (exact) mass is 1150 g/mol. The molecule has 410 valence electrons. The Hall–Kier alpha value is -5.15. The van der Waals surface area contributed by atoms with Crippen molar-refractivity contribution in [2.24, 2.45) is 7.05 Å².